The molecule has 0 saturated carbocycles. The molecule has 0 aromatic carbocycles. The highest BCUT2D eigenvalue weighted by Crippen LogP contribution is 2.22. The molecule has 22 heavy (non-hydrogen) atoms. The van der Waals surface area contributed by atoms with E-state index in [-0.39, 0.29) is 25.3 Å². The van der Waals surface area contributed by atoms with Crippen molar-refractivity contribution in [3.05, 3.63) is 0 Å². The average Bonchev–Trinajstić information content (AvgIpc) is 2.67. The number of carboxylic acid groups (broad SMARTS) is 1. The number of rotatable bonds is 5. The van der Waals surface area contributed by atoms with E-state index in [1.54, 1.807) is 25.7 Å². The second kappa shape index (κ2) is 6.39. The maximum atomic E-state index is 11.8. The third-order valence-corrected chi connectivity index (χ3v) is 3.94. The molecule has 0 bridgehead atoms. The van der Waals surface area contributed by atoms with Gasteiger partial charge < -0.3 is 15.2 Å². The summed E-state index contributed by atoms with van der Waals surface area (Å²) in [5.41, 5.74) is -2.23. The molecule has 1 heterocycles. The summed E-state index contributed by atoms with van der Waals surface area (Å²) in [6.45, 7) is 5.48. The molecule has 1 aliphatic rings. The smallest absolute Gasteiger partial charge is 0.408 e. The molecule has 9 nitrogen and oxygen atoms in total. The highest BCUT2D eigenvalue weighted by molar-refractivity contribution is 7.89. The van der Waals surface area contributed by atoms with Crippen molar-refractivity contribution >= 4 is 22.1 Å². The summed E-state index contributed by atoms with van der Waals surface area (Å²) in [7, 11) is -3.62. The zero-order valence-corrected chi connectivity index (χ0v) is 13.8. The molecule has 1 atom stereocenters. The van der Waals surface area contributed by atoms with Crippen LogP contribution in [0.4, 0.5) is 4.79 Å². The van der Waals surface area contributed by atoms with E-state index in [0.29, 0.717) is 6.54 Å². The van der Waals surface area contributed by atoms with E-state index in [2.05, 4.69) is 5.32 Å². The standard InChI is InChI=1S/C12H23N3O6S/c1-11(2,3)21-10(18)14-12(9(16)17)4-5-15(8-12)6-7-22(13,19)20/h4-8H2,1-3H3,(H,14,18)(H,16,17)(H2,13,19,20). The normalized spacial score (nSPS) is 23.3. The summed E-state index contributed by atoms with van der Waals surface area (Å²) in [6.07, 6.45) is -0.658. The van der Waals surface area contributed by atoms with E-state index in [1.807, 2.05) is 0 Å². The Balaban J connectivity index is 2.71. The van der Waals surface area contributed by atoms with Gasteiger partial charge in [0, 0.05) is 19.6 Å². The Morgan fingerprint density at radius 3 is 2.45 bits per heavy atom. The fourth-order valence-electron chi connectivity index (χ4n) is 2.17. The van der Waals surface area contributed by atoms with Crippen molar-refractivity contribution in [1.29, 1.82) is 0 Å². The Bertz CT molecular complexity index is 542. The molecule has 1 unspecified atom stereocenters. The van der Waals surface area contributed by atoms with Crippen LogP contribution in [0.25, 0.3) is 0 Å². The van der Waals surface area contributed by atoms with Gasteiger partial charge in [0.2, 0.25) is 10.0 Å². The molecule has 0 aliphatic carbocycles. The molecule has 0 aromatic rings. The van der Waals surface area contributed by atoms with Gasteiger partial charge in [-0.2, -0.15) is 0 Å². The molecule has 1 rings (SSSR count). The number of amides is 1. The molecule has 1 aliphatic heterocycles. The van der Waals surface area contributed by atoms with Crippen molar-refractivity contribution in [3.63, 3.8) is 0 Å². The van der Waals surface area contributed by atoms with Crippen LogP contribution in [0.2, 0.25) is 0 Å². The summed E-state index contributed by atoms with van der Waals surface area (Å²) in [5, 5.41) is 16.7. The molecule has 0 radical (unpaired) electrons. The number of sulfonamides is 1. The van der Waals surface area contributed by atoms with Gasteiger partial charge in [-0.15, -0.1) is 0 Å². The van der Waals surface area contributed by atoms with Crippen LogP contribution in [0, 0.1) is 0 Å². The minimum atomic E-state index is -3.62. The fourth-order valence-corrected chi connectivity index (χ4v) is 2.68. The van der Waals surface area contributed by atoms with E-state index < -0.39 is 33.2 Å². The van der Waals surface area contributed by atoms with Crippen molar-refractivity contribution in [1.82, 2.24) is 10.2 Å². The Hall–Kier alpha value is -1.39. The van der Waals surface area contributed by atoms with Crippen LogP contribution in [-0.4, -0.2) is 67.0 Å². The quantitative estimate of drug-likeness (QED) is 0.604. The molecule has 1 amide bonds. The van der Waals surface area contributed by atoms with Gasteiger partial charge in [-0.1, -0.05) is 0 Å². The zero-order chi connectivity index (χ0) is 17.2. The first-order chi connectivity index (χ1) is 9.83. The Morgan fingerprint density at radius 1 is 1.41 bits per heavy atom. The van der Waals surface area contributed by atoms with Crippen molar-refractivity contribution in [3.8, 4) is 0 Å². The molecule has 128 valence electrons. The topological polar surface area (TPSA) is 139 Å². The van der Waals surface area contributed by atoms with Crippen molar-refractivity contribution in [2.75, 3.05) is 25.4 Å². The average molecular weight is 337 g/mol. The summed E-state index contributed by atoms with van der Waals surface area (Å²) >= 11 is 0. The first-order valence-corrected chi connectivity index (χ1v) is 8.52. The maximum Gasteiger partial charge on any atom is 0.408 e. The van der Waals surface area contributed by atoms with Crippen LogP contribution >= 0.6 is 0 Å². The predicted octanol–water partition coefficient (Wildman–Crippen LogP) is -0.671. The van der Waals surface area contributed by atoms with Gasteiger partial charge in [0.15, 0.2) is 5.54 Å². The number of nitrogens with two attached hydrogens (primary N) is 1. The Kier molecular flexibility index (Phi) is 5.42. The van der Waals surface area contributed by atoms with Crippen LogP contribution in [0.5, 0.6) is 0 Å². The third-order valence-electron chi connectivity index (χ3n) is 3.19. The molecular weight excluding hydrogens is 314 g/mol. The van der Waals surface area contributed by atoms with Crippen molar-refractivity contribution in [2.45, 2.75) is 38.3 Å². The summed E-state index contributed by atoms with van der Waals surface area (Å²) < 4.78 is 27.0. The van der Waals surface area contributed by atoms with Crippen LogP contribution in [0.1, 0.15) is 27.2 Å². The number of likely N-dealkylation sites (tertiary alicyclic amines) is 1. The molecule has 10 heteroatoms. The summed E-state index contributed by atoms with van der Waals surface area (Å²) in [6, 6.07) is 0. The highest BCUT2D eigenvalue weighted by atomic mass is 32.2. The van der Waals surface area contributed by atoms with E-state index in [9.17, 15) is 23.1 Å². The number of primary sulfonamides is 1. The van der Waals surface area contributed by atoms with Gasteiger partial charge in [0.1, 0.15) is 5.60 Å². The van der Waals surface area contributed by atoms with E-state index in [1.165, 1.54) is 0 Å². The number of aliphatic carboxylic acids is 1. The second-order valence-electron chi connectivity index (χ2n) is 6.41. The SMILES string of the molecule is CC(C)(C)OC(=O)NC1(C(=O)O)CCN(CCS(N)(=O)=O)C1. The number of carboxylic acids is 1. The van der Waals surface area contributed by atoms with Crippen LogP contribution in [0.3, 0.4) is 0 Å². The van der Waals surface area contributed by atoms with E-state index in [0.717, 1.165) is 0 Å². The number of hydrogen-bond donors (Lipinski definition) is 3. The van der Waals surface area contributed by atoms with Crippen LogP contribution in [0.15, 0.2) is 0 Å². The number of hydrogen-bond acceptors (Lipinski definition) is 6. The van der Waals surface area contributed by atoms with Crippen molar-refractivity contribution < 1.29 is 27.9 Å². The minimum Gasteiger partial charge on any atom is -0.479 e. The Labute approximate surface area is 129 Å². The maximum absolute atomic E-state index is 11.8. The van der Waals surface area contributed by atoms with E-state index >= 15 is 0 Å². The largest absolute Gasteiger partial charge is 0.479 e. The van der Waals surface area contributed by atoms with Crippen molar-refractivity contribution in [2.24, 2.45) is 5.14 Å². The molecule has 0 spiro atoms. The number of carbonyl (C=O) groups is 2. The van der Waals surface area contributed by atoms with Gasteiger partial charge in [0.25, 0.3) is 0 Å². The lowest BCUT2D eigenvalue weighted by molar-refractivity contribution is -0.144. The number of nitrogens with zero attached hydrogens (tertiary/aromatic N) is 1. The molecule has 4 N–H and O–H groups in total. The van der Waals surface area contributed by atoms with Gasteiger partial charge in [-0.05, 0) is 27.2 Å². The molecular formula is C12H23N3O6S. The number of carbonyl (C=O) groups excluding carboxylic acids is 1. The van der Waals surface area contributed by atoms with Crippen LogP contribution in [-0.2, 0) is 19.6 Å². The van der Waals surface area contributed by atoms with Gasteiger partial charge in [0.05, 0.1) is 5.75 Å². The lowest BCUT2D eigenvalue weighted by atomic mass is 9.99. The number of nitrogens with one attached hydrogen (secondary N) is 1. The van der Waals surface area contributed by atoms with Crippen LogP contribution < -0.4 is 10.5 Å². The van der Waals surface area contributed by atoms with Gasteiger partial charge >= 0.3 is 12.1 Å². The monoisotopic (exact) mass is 337 g/mol. The third kappa shape index (κ3) is 5.78. The summed E-state index contributed by atoms with van der Waals surface area (Å²) in [5.74, 6) is -1.45. The van der Waals surface area contributed by atoms with Gasteiger partial charge in [-0.25, -0.2) is 23.1 Å². The van der Waals surface area contributed by atoms with E-state index in [4.69, 9.17) is 9.88 Å². The molecule has 1 saturated heterocycles. The van der Waals surface area contributed by atoms with Gasteiger partial charge in [-0.3, -0.25) is 4.90 Å². The fraction of sp³-hybridized carbons (Fsp3) is 0.833. The lowest BCUT2D eigenvalue weighted by Crippen LogP contribution is -2.57. The highest BCUT2D eigenvalue weighted by Gasteiger charge is 2.46. The zero-order valence-electron chi connectivity index (χ0n) is 13.0. The molecule has 0 aromatic heterocycles. The predicted molar refractivity (Wildman–Crippen MR) is 78.8 cm³/mol. The first kappa shape index (κ1) is 18.7. The molecule has 1 fully saturated rings. The number of ether oxygens (including phenoxy) is 1. The number of alkyl carbamates (subject to hydrolysis) is 1. The second-order valence-corrected chi connectivity index (χ2v) is 8.14. The summed E-state index contributed by atoms with van der Waals surface area (Å²) in [4.78, 5) is 25.0. The lowest BCUT2D eigenvalue weighted by Gasteiger charge is -2.28. The Morgan fingerprint density at radius 2 is 2.00 bits per heavy atom. The minimum absolute atomic E-state index is 0.00288. The first-order valence-electron chi connectivity index (χ1n) is 6.80.